The molecule has 11 nitrogen and oxygen atoms in total. The van der Waals surface area contributed by atoms with Gasteiger partial charge in [0, 0.05) is 36.1 Å². The van der Waals surface area contributed by atoms with E-state index in [9.17, 15) is 14.4 Å². The van der Waals surface area contributed by atoms with Crippen molar-refractivity contribution in [3.63, 3.8) is 0 Å². The van der Waals surface area contributed by atoms with Gasteiger partial charge in [-0.05, 0) is 42.5 Å². The van der Waals surface area contributed by atoms with Crippen LogP contribution in [-0.2, 0) is 6.42 Å². The van der Waals surface area contributed by atoms with Gasteiger partial charge >= 0.3 is 6.03 Å². The first-order chi connectivity index (χ1) is 15.5. The van der Waals surface area contributed by atoms with Gasteiger partial charge in [-0.2, -0.15) is 4.98 Å². The van der Waals surface area contributed by atoms with E-state index < -0.39 is 6.03 Å². The van der Waals surface area contributed by atoms with Crippen LogP contribution in [0.15, 0.2) is 59.7 Å². The summed E-state index contributed by atoms with van der Waals surface area (Å²) in [5.74, 6) is -0.239. The molecular formula is C21H20N8O3. The van der Waals surface area contributed by atoms with Crippen LogP contribution in [0.2, 0.25) is 0 Å². The minimum Gasteiger partial charge on any atom is -0.369 e. The molecule has 0 aliphatic rings. The largest absolute Gasteiger partial charge is 0.369 e. The number of fused-ring (bicyclic) bond motifs is 1. The molecule has 0 fully saturated rings. The summed E-state index contributed by atoms with van der Waals surface area (Å²) in [6, 6.07) is 11.3. The third-order valence-corrected chi connectivity index (χ3v) is 4.58. The number of urea groups is 1. The zero-order valence-electron chi connectivity index (χ0n) is 16.8. The molecule has 0 bridgehead atoms. The van der Waals surface area contributed by atoms with E-state index in [1.807, 2.05) is 0 Å². The summed E-state index contributed by atoms with van der Waals surface area (Å²) < 4.78 is 0. The van der Waals surface area contributed by atoms with Gasteiger partial charge < -0.3 is 26.7 Å². The number of aromatic nitrogens is 4. The van der Waals surface area contributed by atoms with E-state index in [1.54, 1.807) is 54.9 Å². The van der Waals surface area contributed by atoms with Crippen molar-refractivity contribution in [2.24, 2.45) is 0 Å². The van der Waals surface area contributed by atoms with Crippen molar-refractivity contribution in [3.8, 4) is 0 Å². The first-order valence-corrected chi connectivity index (χ1v) is 9.71. The summed E-state index contributed by atoms with van der Waals surface area (Å²) >= 11 is 0. The fourth-order valence-corrected chi connectivity index (χ4v) is 3.06. The number of amides is 3. The number of nitrogens with two attached hydrogens (primary N) is 1. The number of rotatable bonds is 6. The molecule has 32 heavy (non-hydrogen) atoms. The molecule has 11 heteroatoms. The van der Waals surface area contributed by atoms with Crippen LogP contribution in [0, 0.1) is 0 Å². The Kier molecular flexibility index (Phi) is 5.79. The normalized spacial score (nSPS) is 10.6. The molecule has 162 valence electrons. The quantitative estimate of drug-likeness (QED) is 0.271. The van der Waals surface area contributed by atoms with Gasteiger partial charge in [0.1, 0.15) is 5.65 Å². The third kappa shape index (κ3) is 4.90. The van der Waals surface area contributed by atoms with Gasteiger partial charge in [0.05, 0.1) is 17.3 Å². The number of carbonyl (C=O) groups excluding carboxylic acids is 2. The highest BCUT2D eigenvalue weighted by Crippen LogP contribution is 2.12. The fourth-order valence-electron chi connectivity index (χ4n) is 3.06. The van der Waals surface area contributed by atoms with Crippen LogP contribution in [-0.4, -0.2) is 38.4 Å². The Bertz CT molecular complexity index is 1310. The number of aromatic amines is 2. The van der Waals surface area contributed by atoms with Gasteiger partial charge in [0.15, 0.2) is 0 Å². The Morgan fingerprint density at radius 2 is 1.84 bits per heavy atom. The minimum absolute atomic E-state index is 0.0361. The van der Waals surface area contributed by atoms with E-state index in [4.69, 9.17) is 5.73 Å². The van der Waals surface area contributed by atoms with E-state index in [2.05, 4.69) is 35.9 Å². The Balaban J connectivity index is 1.27. The summed E-state index contributed by atoms with van der Waals surface area (Å²) in [7, 11) is 0. The molecule has 0 radical (unpaired) electrons. The van der Waals surface area contributed by atoms with Crippen LogP contribution >= 0.6 is 0 Å². The molecule has 7 N–H and O–H groups in total. The summed E-state index contributed by atoms with van der Waals surface area (Å²) in [5.41, 5.74) is 7.94. The lowest BCUT2D eigenvalue weighted by Crippen LogP contribution is -2.30. The number of hydrogen-bond acceptors (Lipinski definition) is 6. The second-order valence-electron chi connectivity index (χ2n) is 6.91. The minimum atomic E-state index is -0.395. The Morgan fingerprint density at radius 3 is 2.59 bits per heavy atom. The molecule has 0 aliphatic heterocycles. The molecule has 3 amide bonds. The molecule has 1 aromatic carbocycles. The standard InChI is InChI=1S/C21H20N8O3/c22-20-28-17-16(19(31)29-20)10-14(25-17)7-9-24-21(32)27-13-5-3-12(4-6-13)18(30)26-15-2-1-8-23-11-15/h1-6,8,10-11H,7,9H2,(H,26,30)(H2,24,27,32)(H4,22,25,28,29,31). The molecule has 0 unspecified atom stereocenters. The third-order valence-electron chi connectivity index (χ3n) is 4.58. The first kappa shape index (κ1) is 20.6. The molecule has 3 aromatic heterocycles. The molecule has 0 atom stereocenters. The molecule has 0 saturated carbocycles. The highest BCUT2D eigenvalue weighted by Gasteiger charge is 2.09. The van der Waals surface area contributed by atoms with E-state index >= 15 is 0 Å². The van der Waals surface area contributed by atoms with Crippen molar-refractivity contribution < 1.29 is 9.59 Å². The first-order valence-electron chi connectivity index (χ1n) is 9.71. The van der Waals surface area contributed by atoms with Crippen LogP contribution in [0.5, 0.6) is 0 Å². The topological polar surface area (TPSA) is 171 Å². The Labute approximate surface area is 181 Å². The molecule has 4 aromatic rings. The van der Waals surface area contributed by atoms with Gasteiger partial charge in [-0.25, -0.2) is 4.79 Å². The number of anilines is 3. The van der Waals surface area contributed by atoms with E-state index in [1.165, 1.54) is 0 Å². The zero-order chi connectivity index (χ0) is 22.5. The summed E-state index contributed by atoms with van der Waals surface area (Å²) in [6.07, 6.45) is 3.64. The fraction of sp³-hybridized carbons (Fsp3) is 0.0952. The van der Waals surface area contributed by atoms with Crippen LogP contribution < -0.4 is 27.2 Å². The molecule has 4 rings (SSSR count). The van der Waals surface area contributed by atoms with Crippen molar-refractivity contribution in [2.75, 3.05) is 22.9 Å². The summed E-state index contributed by atoms with van der Waals surface area (Å²) in [6.45, 7) is 0.331. The van der Waals surface area contributed by atoms with Crippen LogP contribution in [0.3, 0.4) is 0 Å². The van der Waals surface area contributed by atoms with Crippen molar-refractivity contribution in [1.29, 1.82) is 0 Å². The number of pyridine rings is 1. The number of nitrogen functional groups attached to an aromatic ring is 1. The highest BCUT2D eigenvalue weighted by molar-refractivity contribution is 6.04. The lowest BCUT2D eigenvalue weighted by molar-refractivity contribution is 0.102. The number of H-pyrrole nitrogens is 2. The van der Waals surface area contributed by atoms with Crippen LogP contribution in [0.1, 0.15) is 16.1 Å². The predicted octanol–water partition coefficient (Wildman–Crippen LogP) is 1.84. The van der Waals surface area contributed by atoms with Crippen molar-refractivity contribution >= 4 is 40.3 Å². The summed E-state index contributed by atoms with van der Waals surface area (Å²) in [4.78, 5) is 49.7. The van der Waals surface area contributed by atoms with Gasteiger partial charge in [0.25, 0.3) is 11.5 Å². The molecule has 0 saturated heterocycles. The van der Waals surface area contributed by atoms with Crippen LogP contribution in [0.4, 0.5) is 22.1 Å². The maximum absolute atomic E-state index is 12.3. The van der Waals surface area contributed by atoms with Gasteiger partial charge in [-0.3, -0.25) is 19.6 Å². The number of carbonyl (C=O) groups is 2. The lowest BCUT2D eigenvalue weighted by atomic mass is 10.2. The van der Waals surface area contributed by atoms with Crippen molar-refractivity contribution in [3.05, 3.63) is 76.5 Å². The van der Waals surface area contributed by atoms with Gasteiger partial charge in [-0.15, -0.1) is 0 Å². The van der Waals surface area contributed by atoms with Crippen molar-refractivity contribution in [2.45, 2.75) is 6.42 Å². The SMILES string of the molecule is Nc1nc2[nH]c(CCNC(=O)Nc3ccc(C(=O)Nc4cccnc4)cc3)cc2c(=O)[nH]1. The zero-order valence-corrected chi connectivity index (χ0v) is 16.8. The average molecular weight is 432 g/mol. The van der Waals surface area contributed by atoms with E-state index in [0.29, 0.717) is 40.9 Å². The highest BCUT2D eigenvalue weighted by atomic mass is 16.2. The lowest BCUT2D eigenvalue weighted by Gasteiger charge is -2.08. The summed E-state index contributed by atoms with van der Waals surface area (Å²) in [5, 5.41) is 8.58. The van der Waals surface area contributed by atoms with E-state index in [0.717, 1.165) is 5.69 Å². The van der Waals surface area contributed by atoms with E-state index in [-0.39, 0.29) is 17.4 Å². The maximum atomic E-state index is 12.3. The second kappa shape index (κ2) is 9.00. The van der Waals surface area contributed by atoms with Crippen molar-refractivity contribution in [1.82, 2.24) is 25.3 Å². The number of nitrogens with one attached hydrogen (secondary N) is 5. The predicted molar refractivity (Wildman–Crippen MR) is 120 cm³/mol. The van der Waals surface area contributed by atoms with Gasteiger partial charge in [0.2, 0.25) is 5.95 Å². The monoisotopic (exact) mass is 432 g/mol. The average Bonchev–Trinajstić information content (AvgIpc) is 3.18. The second-order valence-corrected chi connectivity index (χ2v) is 6.91. The molecule has 3 heterocycles. The molecular weight excluding hydrogens is 412 g/mol. The Hall–Kier alpha value is -4.67. The van der Waals surface area contributed by atoms with Crippen LogP contribution in [0.25, 0.3) is 11.0 Å². The number of hydrogen-bond donors (Lipinski definition) is 6. The maximum Gasteiger partial charge on any atom is 0.319 e. The molecule has 0 aliphatic carbocycles. The smallest absolute Gasteiger partial charge is 0.319 e. The number of benzene rings is 1. The van der Waals surface area contributed by atoms with Gasteiger partial charge in [-0.1, -0.05) is 0 Å². The number of nitrogens with zero attached hydrogens (tertiary/aromatic N) is 2. The molecule has 0 spiro atoms. The Morgan fingerprint density at radius 1 is 1.03 bits per heavy atom.